The molecule has 0 radical (unpaired) electrons. The molecule has 3 N–H and O–H groups in total. The number of hydrogen-bond acceptors (Lipinski definition) is 9. The minimum atomic E-state index is -3.21. The monoisotopic (exact) mass is 485 g/mol. The van der Waals surface area contributed by atoms with Gasteiger partial charge in [0.1, 0.15) is 12.4 Å². The number of ether oxygens (including phenoxy) is 1. The van der Waals surface area contributed by atoms with Crippen LogP contribution in [-0.2, 0) is 26.3 Å². The second kappa shape index (κ2) is 9.19. The van der Waals surface area contributed by atoms with Gasteiger partial charge in [-0.15, -0.1) is 0 Å². The van der Waals surface area contributed by atoms with E-state index in [0.29, 0.717) is 17.6 Å². The maximum Gasteiger partial charge on any atom is 0.334 e. The average Bonchev–Trinajstić information content (AvgIpc) is 3.12. The Bertz CT molecular complexity index is 1050. The van der Waals surface area contributed by atoms with Crippen LogP contribution >= 0.6 is 23.5 Å². The van der Waals surface area contributed by atoms with Crippen LogP contribution in [0.2, 0.25) is 0 Å². The molecule has 1 aromatic carbocycles. The van der Waals surface area contributed by atoms with Gasteiger partial charge in [0.25, 0.3) is 0 Å². The Morgan fingerprint density at radius 3 is 2.72 bits per heavy atom. The Hall–Kier alpha value is -2.04. The Morgan fingerprint density at radius 2 is 2.03 bits per heavy atom. The highest BCUT2D eigenvalue weighted by atomic mass is 79.9. The SMILES string of the molecule is COP(=O)(Cc1cc(Cn2ncc3c(N)nc(OCCO)nc32)ccc1Br)OC. The highest BCUT2D eigenvalue weighted by Crippen LogP contribution is 2.50. The Labute approximate surface area is 175 Å². The van der Waals surface area contributed by atoms with Crippen molar-refractivity contribution < 1.29 is 23.5 Å². The van der Waals surface area contributed by atoms with Gasteiger partial charge in [-0.3, -0.25) is 4.57 Å². The molecule has 3 rings (SSSR count). The lowest BCUT2D eigenvalue weighted by molar-refractivity contribution is 0.192. The van der Waals surface area contributed by atoms with Crippen molar-refractivity contribution in [1.29, 1.82) is 0 Å². The summed E-state index contributed by atoms with van der Waals surface area (Å²) in [5.41, 5.74) is 8.17. The molecule has 0 bridgehead atoms. The van der Waals surface area contributed by atoms with E-state index in [4.69, 9.17) is 24.6 Å². The molecule has 0 unspecified atom stereocenters. The van der Waals surface area contributed by atoms with E-state index in [1.165, 1.54) is 14.2 Å². The van der Waals surface area contributed by atoms with Crippen LogP contribution in [0.4, 0.5) is 5.82 Å². The summed E-state index contributed by atoms with van der Waals surface area (Å²) in [4.78, 5) is 8.40. The first kappa shape index (κ1) is 21.7. The number of nitrogen functional groups attached to an aromatic ring is 1. The predicted octanol–water partition coefficient (Wildman–Crippen LogP) is 2.58. The molecule has 0 spiro atoms. The fourth-order valence-corrected chi connectivity index (χ4v) is 4.40. The second-order valence-corrected chi connectivity index (χ2v) is 9.19. The van der Waals surface area contributed by atoms with Gasteiger partial charge in [-0.25, -0.2) is 4.68 Å². The van der Waals surface area contributed by atoms with Crippen LogP contribution in [0.15, 0.2) is 28.9 Å². The number of rotatable bonds is 9. The lowest BCUT2D eigenvalue weighted by Gasteiger charge is -2.15. The minimum Gasteiger partial charge on any atom is -0.461 e. The smallest absolute Gasteiger partial charge is 0.334 e. The van der Waals surface area contributed by atoms with Crippen molar-refractivity contribution in [2.75, 3.05) is 33.2 Å². The molecule has 12 heteroatoms. The molecule has 0 saturated heterocycles. The third-order valence-corrected chi connectivity index (χ3v) is 6.80. The van der Waals surface area contributed by atoms with E-state index in [1.807, 2.05) is 18.2 Å². The molecule has 0 fully saturated rings. The molecule has 0 atom stereocenters. The van der Waals surface area contributed by atoms with E-state index in [9.17, 15) is 4.57 Å². The predicted molar refractivity (Wildman–Crippen MR) is 111 cm³/mol. The summed E-state index contributed by atoms with van der Waals surface area (Å²) in [5.74, 6) is 0.242. The first-order chi connectivity index (χ1) is 13.9. The number of hydrogen-bond donors (Lipinski definition) is 2. The molecular formula is C17H21BrN5O5P. The van der Waals surface area contributed by atoms with Gasteiger partial charge >= 0.3 is 13.6 Å². The molecule has 0 aliphatic carbocycles. The largest absolute Gasteiger partial charge is 0.461 e. The van der Waals surface area contributed by atoms with Crippen LogP contribution < -0.4 is 10.5 Å². The summed E-state index contributed by atoms with van der Waals surface area (Å²) in [6.07, 6.45) is 1.72. The van der Waals surface area contributed by atoms with Gasteiger partial charge in [-0.1, -0.05) is 28.1 Å². The number of aliphatic hydroxyl groups is 1. The number of aromatic nitrogens is 4. The number of nitrogens with two attached hydrogens (primary N) is 1. The molecular weight excluding hydrogens is 465 g/mol. The summed E-state index contributed by atoms with van der Waals surface area (Å²) in [6, 6.07) is 5.75. The summed E-state index contributed by atoms with van der Waals surface area (Å²) in [7, 11) is -0.491. The van der Waals surface area contributed by atoms with E-state index < -0.39 is 7.60 Å². The van der Waals surface area contributed by atoms with Gasteiger partial charge in [0.15, 0.2) is 5.65 Å². The Balaban J connectivity index is 1.92. The highest BCUT2D eigenvalue weighted by Gasteiger charge is 2.23. The number of aliphatic hydroxyl groups excluding tert-OH is 1. The number of halogens is 1. The van der Waals surface area contributed by atoms with Crippen molar-refractivity contribution in [1.82, 2.24) is 19.7 Å². The van der Waals surface area contributed by atoms with Crippen LogP contribution in [0.5, 0.6) is 6.01 Å². The van der Waals surface area contributed by atoms with Crippen molar-refractivity contribution in [3.05, 3.63) is 40.0 Å². The van der Waals surface area contributed by atoms with Crippen molar-refractivity contribution in [2.45, 2.75) is 12.7 Å². The normalized spacial score (nSPS) is 11.9. The van der Waals surface area contributed by atoms with Crippen molar-refractivity contribution in [2.24, 2.45) is 0 Å². The van der Waals surface area contributed by atoms with Gasteiger partial charge in [0.2, 0.25) is 0 Å². The summed E-state index contributed by atoms with van der Waals surface area (Å²) in [6.45, 7) is 0.299. The summed E-state index contributed by atoms with van der Waals surface area (Å²) >= 11 is 3.47. The van der Waals surface area contributed by atoms with Crippen LogP contribution in [0, 0.1) is 0 Å². The molecule has 10 nitrogen and oxygen atoms in total. The zero-order chi connectivity index (χ0) is 21.0. The lowest BCUT2D eigenvalue weighted by Crippen LogP contribution is -2.08. The van der Waals surface area contributed by atoms with Gasteiger partial charge in [0, 0.05) is 18.7 Å². The molecule has 0 amide bonds. The third kappa shape index (κ3) is 4.93. The Kier molecular flexibility index (Phi) is 6.86. The quantitative estimate of drug-likeness (QED) is 0.438. The van der Waals surface area contributed by atoms with Gasteiger partial charge < -0.3 is 24.6 Å². The molecule has 2 heterocycles. The minimum absolute atomic E-state index is 0.0637. The van der Waals surface area contributed by atoms with Crippen LogP contribution in [0.3, 0.4) is 0 Å². The van der Waals surface area contributed by atoms with E-state index in [-0.39, 0.29) is 31.2 Å². The zero-order valence-electron chi connectivity index (χ0n) is 15.9. The maximum absolute atomic E-state index is 12.5. The fourth-order valence-electron chi connectivity index (χ4n) is 2.71. The number of nitrogens with zero attached hydrogens (tertiary/aromatic N) is 4. The molecule has 29 heavy (non-hydrogen) atoms. The molecule has 2 aromatic heterocycles. The van der Waals surface area contributed by atoms with E-state index in [2.05, 4.69) is 31.0 Å². The van der Waals surface area contributed by atoms with E-state index in [1.54, 1.807) is 10.9 Å². The van der Waals surface area contributed by atoms with Crippen molar-refractivity contribution in [3.63, 3.8) is 0 Å². The van der Waals surface area contributed by atoms with Crippen molar-refractivity contribution >= 4 is 40.4 Å². The van der Waals surface area contributed by atoms with Crippen molar-refractivity contribution in [3.8, 4) is 6.01 Å². The lowest BCUT2D eigenvalue weighted by atomic mass is 10.1. The van der Waals surface area contributed by atoms with Crippen LogP contribution in [0.1, 0.15) is 11.1 Å². The standard InChI is InChI=1S/C17H21BrN5O5P/c1-26-29(25,27-2)10-12-7-11(3-4-14(12)18)9-23-16-13(8-20-23)15(19)21-17(22-16)28-6-5-24/h3-4,7-8,24H,5-6,9-10H2,1-2H3,(H2,19,21,22). The fraction of sp³-hybridized carbons (Fsp3) is 0.353. The summed E-state index contributed by atoms with van der Waals surface area (Å²) in [5, 5.41) is 13.9. The second-order valence-electron chi connectivity index (χ2n) is 6.06. The molecule has 0 aliphatic heterocycles. The van der Waals surface area contributed by atoms with Gasteiger partial charge in [-0.05, 0) is 17.2 Å². The average molecular weight is 486 g/mol. The maximum atomic E-state index is 12.5. The zero-order valence-corrected chi connectivity index (χ0v) is 18.4. The van der Waals surface area contributed by atoms with Crippen LogP contribution in [0.25, 0.3) is 11.0 Å². The third-order valence-electron chi connectivity index (χ3n) is 4.19. The molecule has 0 aliphatic rings. The molecule has 156 valence electrons. The highest BCUT2D eigenvalue weighted by molar-refractivity contribution is 9.10. The first-order valence-electron chi connectivity index (χ1n) is 8.59. The topological polar surface area (TPSA) is 135 Å². The number of fused-ring (bicyclic) bond motifs is 1. The van der Waals surface area contributed by atoms with Crippen LogP contribution in [-0.4, -0.2) is 52.3 Å². The van der Waals surface area contributed by atoms with E-state index in [0.717, 1.165) is 15.6 Å². The summed E-state index contributed by atoms with van der Waals surface area (Å²) < 4.78 is 30.3. The number of benzene rings is 1. The Morgan fingerprint density at radius 1 is 1.28 bits per heavy atom. The molecule has 3 aromatic rings. The number of anilines is 1. The van der Waals surface area contributed by atoms with Gasteiger partial charge in [0.05, 0.1) is 30.9 Å². The first-order valence-corrected chi connectivity index (χ1v) is 11.1. The molecule has 0 saturated carbocycles. The van der Waals surface area contributed by atoms with Gasteiger partial charge in [-0.2, -0.15) is 15.1 Å². The van der Waals surface area contributed by atoms with E-state index >= 15 is 0 Å².